The smallest absolute Gasteiger partial charge is 0.258 e. The van der Waals surface area contributed by atoms with Gasteiger partial charge in [0.1, 0.15) is 6.10 Å². The van der Waals surface area contributed by atoms with Crippen LogP contribution in [-0.2, 0) is 9.59 Å². The monoisotopic (exact) mass is 276 g/mol. The highest BCUT2D eigenvalue weighted by Crippen LogP contribution is 2.24. The van der Waals surface area contributed by atoms with Crippen LogP contribution >= 0.6 is 0 Å². The third-order valence-electron chi connectivity index (χ3n) is 3.13. The van der Waals surface area contributed by atoms with Gasteiger partial charge in [-0.15, -0.1) is 0 Å². The van der Waals surface area contributed by atoms with Crippen molar-refractivity contribution in [2.75, 3.05) is 11.4 Å². The van der Waals surface area contributed by atoms with Gasteiger partial charge in [-0.05, 0) is 30.7 Å². The summed E-state index contributed by atoms with van der Waals surface area (Å²) in [6.45, 7) is 0.277. The second-order valence-electron chi connectivity index (χ2n) is 4.53. The van der Waals surface area contributed by atoms with Gasteiger partial charge in [0, 0.05) is 12.2 Å². The van der Waals surface area contributed by atoms with Crippen LogP contribution in [0.25, 0.3) is 0 Å². The predicted octanol–water partition coefficient (Wildman–Crippen LogP) is -0.141. The first-order chi connectivity index (χ1) is 9.54. The van der Waals surface area contributed by atoms with Crippen LogP contribution in [0.2, 0.25) is 0 Å². The van der Waals surface area contributed by atoms with Crippen molar-refractivity contribution >= 4 is 17.5 Å². The quantitative estimate of drug-likeness (QED) is 0.649. The number of benzene rings is 1. The molecular formula is C14H16N2O4. The molecule has 0 fully saturated rings. The Morgan fingerprint density at radius 2 is 1.60 bits per heavy atom. The summed E-state index contributed by atoms with van der Waals surface area (Å²) in [7, 11) is 0. The summed E-state index contributed by atoms with van der Waals surface area (Å²) in [6, 6.07) is 6.24. The van der Waals surface area contributed by atoms with Gasteiger partial charge in [-0.3, -0.25) is 9.59 Å². The third-order valence-corrected chi connectivity index (χ3v) is 3.13. The first-order valence-electron chi connectivity index (χ1n) is 6.27. The van der Waals surface area contributed by atoms with Crippen molar-refractivity contribution in [3.8, 4) is 0 Å². The molecule has 0 radical (unpaired) electrons. The van der Waals surface area contributed by atoms with Gasteiger partial charge in [0.05, 0.1) is 11.8 Å². The van der Waals surface area contributed by atoms with Crippen LogP contribution in [0.1, 0.15) is 18.1 Å². The van der Waals surface area contributed by atoms with Gasteiger partial charge in [0.15, 0.2) is 0 Å². The maximum Gasteiger partial charge on any atom is 0.258 e. The van der Waals surface area contributed by atoms with Crippen molar-refractivity contribution in [1.82, 2.24) is 0 Å². The lowest BCUT2D eigenvalue weighted by Gasteiger charge is -2.19. The van der Waals surface area contributed by atoms with Crippen LogP contribution < -0.4 is 10.6 Å². The molecule has 4 N–H and O–H groups in total. The van der Waals surface area contributed by atoms with E-state index in [2.05, 4.69) is 0 Å². The number of carbonyl (C=O) groups is 2. The molecule has 1 aliphatic heterocycles. The summed E-state index contributed by atoms with van der Waals surface area (Å²) in [6.07, 6.45) is 0.709. The maximum absolute atomic E-state index is 11.5. The molecule has 1 heterocycles. The number of hydrogen-bond acceptors (Lipinski definition) is 5. The second-order valence-corrected chi connectivity index (χ2v) is 4.53. The van der Waals surface area contributed by atoms with Gasteiger partial charge in [-0.25, -0.2) is 4.90 Å². The largest absolute Gasteiger partial charge is 0.390 e. The zero-order valence-corrected chi connectivity index (χ0v) is 10.8. The molecule has 6 nitrogen and oxygen atoms in total. The molecule has 2 unspecified atom stereocenters. The minimum Gasteiger partial charge on any atom is -0.390 e. The average molecular weight is 276 g/mol. The minimum atomic E-state index is -1.05. The Balaban J connectivity index is 2.14. The van der Waals surface area contributed by atoms with Crippen molar-refractivity contribution in [2.45, 2.75) is 18.6 Å². The number of rotatable bonds is 5. The van der Waals surface area contributed by atoms with Crippen molar-refractivity contribution in [3.63, 3.8) is 0 Å². The molecule has 106 valence electrons. The number of imide groups is 1. The first kappa shape index (κ1) is 14.4. The Hall–Kier alpha value is -2.02. The highest BCUT2D eigenvalue weighted by Gasteiger charge is 2.25. The molecule has 0 saturated carbocycles. The number of nitrogens with zero attached hydrogens (tertiary/aromatic N) is 1. The molecule has 1 aliphatic rings. The Morgan fingerprint density at radius 3 is 2.10 bits per heavy atom. The first-order valence-corrected chi connectivity index (χ1v) is 6.27. The minimum absolute atomic E-state index is 0.277. The van der Waals surface area contributed by atoms with E-state index < -0.39 is 24.0 Å². The average Bonchev–Trinajstić information content (AvgIpc) is 2.78. The number of nitrogens with two attached hydrogens (primary N) is 1. The van der Waals surface area contributed by atoms with E-state index in [0.29, 0.717) is 11.3 Å². The Morgan fingerprint density at radius 1 is 1.05 bits per heavy atom. The predicted molar refractivity (Wildman–Crippen MR) is 72.7 cm³/mol. The van der Waals surface area contributed by atoms with Gasteiger partial charge in [0.2, 0.25) is 0 Å². The topological polar surface area (TPSA) is 104 Å². The van der Waals surface area contributed by atoms with Crippen LogP contribution in [0.4, 0.5) is 5.69 Å². The Bertz CT molecular complexity index is 521. The van der Waals surface area contributed by atoms with Gasteiger partial charge in [-0.1, -0.05) is 12.1 Å². The highest BCUT2D eigenvalue weighted by molar-refractivity contribution is 6.28. The molecule has 6 heteroatoms. The summed E-state index contributed by atoms with van der Waals surface area (Å²) in [5.74, 6) is -0.794. The molecule has 0 aliphatic carbocycles. The Kier molecular flexibility index (Phi) is 4.29. The molecule has 1 aromatic carbocycles. The van der Waals surface area contributed by atoms with E-state index in [9.17, 15) is 19.8 Å². The standard InChI is InChI=1S/C14H16N2O4/c15-8-7-11(17)14(20)9-1-3-10(4-2-9)16-12(18)5-6-13(16)19/h1-6,11,14,17,20H,7-8,15H2. The molecule has 1 aromatic rings. The lowest BCUT2D eigenvalue weighted by molar-refractivity contribution is -0.119. The zero-order chi connectivity index (χ0) is 14.7. The van der Waals surface area contributed by atoms with E-state index in [1.807, 2.05) is 0 Å². The van der Waals surface area contributed by atoms with E-state index in [1.54, 1.807) is 24.3 Å². The zero-order valence-electron chi connectivity index (χ0n) is 10.8. The number of hydrogen-bond donors (Lipinski definition) is 3. The number of aliphatic hydroxyl groups excluding tert-OH is 2. The van der Waals surface area contributed by atoms with Crippen LogP contribution in [-0.4, -0.2) is 34.7 Å². The van der Waals surface area contributed by atoms with E-state index in [0.717, 1.165) is 4.90 Å². The summed E-state index contributed by atoms with van der Waals surface area (Å²) in [4.78, 5) is 24.1. The van der Waals surface area contributed by atoms with Crippen LogP contribution in [0.5, 0.6) is 0 Å². The van der Waals surface area contributed by atoms with E-state index in [1.165, 1.54) is 12.2 Å². The summed E-state index contributed by atoms with van der Waals surface area (Å²) >= 11 is 0. The summed E-state index contributed by atoms with van der Waals surface area (Å²) in [5, 5.41) is 19.6. The number of aliphatic hydroxyl groups is 2. The summed E-state index contributed by atoms with van der Waals surface area (Å²) in [5.41, 5.74) is 6.25. The summed E-state index contributed by atoms with van der Waals surface area (Å²) < 4.78 is 0. The van der Waals surface area contributed by atoms with Gasteiger partial charge in [0.25, 0.3) is 11.8 Å². The number of amides is 2. The molecule has 0 aromatic heterocycles. The maximum atomic E-state index is 11.5. The normalized spacial score (nSPS) is 17.6. The molecule has 2 rings (SSSR count). The highest BCUT2D eigenvalue weighted by atomic mass is 16.3. The SMILES string of the molecule is NCCC(O)C(O)c1ccc(N2C(=O)C=CC2=O)cc1. The fourth-order valence-corrected chi connectivity index (χ4v) is 2.03. The van der Waals surface area contributed by atoms with Crippen LogP contribution in [0, 0.1) is 0 Å². The fourth-order valence-electron chi connectivity index (χ4n) is 2.03. The van der Waals surface area contributed by atoms with E-state index >= 15 is 0 Å². The number of anilines is 1. The molecule has 0 saturated heterocycles. The molecule has 2 amide bonds. The van der Waals surface area contributed by atoms with Crippen LogP contribution in [0.3, 0.4) is 0 Å². The number of carbonyl (C=O) groups excluding carboxylic acids is 2. The van der Waals surface area contributed by atoms with Gasteiger partial charge >= 0.3 is 0 Å². The second kappa shape index (κ2) is 5.96. The molecule has 20 heavy (non-hydrogen) atoms. The molecule has 2 atom stereocenters. The van der Waals surface area contributed by atoms with Gasteiger partial charge < -0.3 is 15.9 Å². The lowest BCUT2D eigenvalue weighted by Crippen LogP contribution is -2.29. The molecule has 0 bridgehead atoms. The molecule has 0 spiro atoms. The Labute approximate surface area is 116 Å². The third kappa shape index (κ3) is 2.77. The van der Waals surface area contributed by atoms with Gasteiger partial charge in [-0.2, -0.15) is 0 Å². The fraction of sp³-hybridized carbons (Fsp3) is 0.286. The van der Waals surface area contributed by atoms with Crippen molar-refractivity contribution in [2.24, 2.45) is 5.73 Å². The molecular weight excluding hydrogens is 260 g/mol. The van der Waals surface area contributed by atoms with E-state index in [4.69, 9.17) is 5.73 Å². The van der Waals surface area contributed by atoms with E-state index in [-0.39, 0.29) is 13.0 Å². The van der Waals surface area contributed by atoms with Crippen molar-refractivity contribution in [3.05, 3.63) is 42.0 Å². The van der Waals surface area contributed by atoms with Crippen molar-refractivity contribution in [1.29, 1.82) is 0 Å². The van der Waals surface area contributed by atoms with Crippen LogP contribution in [0.15, 0.2) is 36.4 Å². The lowest BCUT2D eigenvalue weighted by atomic mass is 10.0. The van der Waals surface area contributed by atoms with Crippen molar-refractivity contribution < 1.29 is 19.8 Å².